The Bertz CT molecular complexity index is 580. The van der Waals surface area contributed by atoms with Crippen molar-refractivity contribution in [1.29, 1.82) is 0 Å². The first-order valence-electron chi connectivity index (χ1n) is 10.9. The molecule has 1 rings (SSSR count). The van der Waals surface area contributed by atoms with Gasteiger partial charge in [0.05, 0.1) is 24.3 Å². The second-order valence-corrected chi connectivity index (χ2v) is 8.00. The Labute approximate surface area is 171 Å². The molecule has 0 N–H and O–H groups in total. The molecular formula is C24H38O4. The third-order valence-electron chi connectivity index (χ3n) is 4.86. The van der Waals surface area contributed by atoms with Gasteiger partial charge in [0.25, 0.3) is 0 Å². The Hall–Kier alpha value is -1.84. The molecule has 0 heterocycles. The van der Waals surface area contributed by atoms with Crippen LogP contribution in [0.1, 0.15) is 99.8 Å². The first-order chi connectivity index (χ1) is 13.5. The molecule has 0 saturated carbocycles. The van der Waals surface area contributed by atoms with Crippen molar-refractivity contribution < 1.29 is 19.1 Å². The van der Waals surface area contributed by atoms with E-state index in [4.69, 9.17) is 9.47 Å². The maximum absolute atomic E-state index is 12.4. The Balaban J connectivity index is 2.54. The number of ether oxygens (including phenoxy) is 2. The highest BCUT2D eigenvalue weighted by molar-refractivity contribution is 5.95. The summed E-state index contributed by atoms with van der Waals surface area (Å²) in [7, 11) is 0. The monoisotopic (exact) mass is 390 g/mol. The zero-order valence-corrected chi connectivity index (χ0v) is 18.2. The molecule has 4 nitrogen and oxygen atoms in total. The molecule has 1 atom stereocenters. The maximum Gasteiger partial charge on any atom is 0.338 e. The normalized spacial score (nSPS) is 12.0. The number of unbranched alkanes of at least 4 members (excludes halogenated alkanes) is 2. The van der Waals surface area contributed by atoms with E-state index in [2.05, 4.69) is 27.7 Å². The lowest BCUT2D eigenvalue weighted by Crippen LogP contribution is -2.15. The summed E-state index contributed by atoms with van der Waals surface area (Å²) in [6.45, 7) is 9.49. The van der Waals surface area contributed by atoms with Crippen molar-refractivity contribution in [2.45, 2.75) is 79.1 Å². The van der Waals surface area contributed by atoms with Crippen molar-refractivity contribution in [3.8, 4) is 0 Å². The Morgan fingerprint density at radius 3 is 2.14 bits per heavy atom. The van der Waals surface area contributed by atoms with Crippen LogP contribution in [0.15, 0.2) is 24.3 Å². The molecule has 1 aromatic carbocycles. The van der Waals surface area contributed by atoms with Crippen LogP contribution in [0.4, 0.5) is 0 Å². The van der Waals surface area contributed by atoms with Crippen LogP contribution in [0.2, 0.25) is 0 Å². The van der Waals surface area contributed by atoms with E-state index in [9.17, 15) is 9.59 Å². The first kappa shape index (κ1) is 24.2. The fraction of sp³-hybridized carbons (Fsp3) is 0.667. The van der Waals surface area contributed by atoms with Gasteiger partial charge < -0.3 is 9.47 Å². The van der Waals surface area contributed by atoms with Gasteiger partial charge in [0.15, 0.2) is 0 Å². The summed E-state index contributed by atoms with van der Waals surface area (Å²) in [5.74, 6) is 0.248. The van der Waals surface area contributed by atoms with E-state index in [0.717, 1.165) is 32.1 Å². The predicted molar refractivity (Wildman–Crippen MR) is 114 cm³/mol. The number of carbonyl (C=O) groups excluding carboxylic acids is 2. The smallest absolute Gasteiger partial charge is 0.338 e. The van der Waals surface area contributed by atoms with Crippen molar-refractivity contribution in [1.82, 2.24) is 0 Å². The van der Waals surface area contributed by atoms with Crippen LogP contribution in [-0.2, 0) is 9.47 Å². The van der Waals surface area contributed by atoms with E-state index in [-0.39, 0.29) is 11.9 Å². The van der Waals surface area contributed by atoms with Crippen LogP contribution in [0.3, 0.4) is 0 Å². The van der Waals surface area contributed by atoms with Crippen molar-refractivity contribution in [2.24, 2.45) is 11.8 Å². The highest BCUT2D eigenvalue weighted by Crippen LogP contribution is 2.17. The average molecular weight is 391 g/mol. The topological polar surface area (TPSA) is 52.6 Å². The van der Waals surface area contributed by atoms with E-state index in [1.54, 1.807) is 24.3 Å². The summed E-state index contributed by atoms with van der Waals surface area (Å²) in [5.41, 5.74) is 0.799. The van der Waals surface area contributed by atoms with Gasteiger partial charge in [-0.05, 0) is 55.7 Å². The molecule has 0 aliphatic carbocycles. The van der Waals surface area contributed by atoms with E-state index in [0.29, 0.717) is 36.2 Å². The quantitative estimate of drug-likeness (QED) is 0.271. The van der Waals surface area contributed by atoms with Crippen LogP contribution in [0.25, 0.3) is 0 Å². The molecule has 0 aliphatic rings. The number of carbonyl (C=O) groups is 2. The summed E-state index contributed by atoms with van der Waals surface area (Å²) in [6, 6.07) is 6.63. The van der Waals surface area contributed by atoms with Crippen molar-refractivity contribution in [3.05, 3.63) is 35.4 Å². The third-order valence-corrected chi connectivity index (χ3v) is 4.86. The minimum atomic E-state index is -0.387. The number of rotatable bonds is 14. The van der Waals surface area contributed by atoms with Crippen LogP contribution < -0.4 is 0 Å². The second-order valence-electron chi connectivity index (χ2n) is 8.00. The Morgan fingerprint density at radius 2 is 1.54 bits per heavy atom. The van der Waals surface area contributed by atoms with E-state index in [1.807, 2.05) is 0 Å². The molecule has 4 heteroatoms. The van der Waals surface area contributed by atoms with Crippen LogP contribution in [0.5, 0.6) is 0 Å². The fourth-order valence-corrected chi connectivity index (χ4v) is 3.19. The Kier molecular flexibility index (Phi) is 12.3. The molecule has 0 aliphatic heterocycles. The van der Waals surface area contributed by atoms with E-state index in [1.165, 1.54) is 19.3 Å². The first-order valence-corrected chi connectivity index (χ1v) is 10.9. The molecule has 0 aromatic heterocycles. The highest BCUT2D eigenvalue weighted by Gasteiger charge is 2.15. The van der Waals surface area contributed by atoms with E-state index < -0.39 is 0 Å². The van der Waals surface area contributed by atoms with Crippen molar-refractivity contribution in [3.63, 3.8) is 0 Å². The highest BCUT2D eigenvalue weighted by atomic mass is 16.5. The molecule has 0 spiro atoms. The second kappa shape index (κ2) is 14.2. The molecule has 0 bridgehead atoms. The molecule has 0 fully saturated rings. The third kappa shape index (κ3) is 9.91. The van der Waals surface area contributed by atoms with Crippen molar-refractivity contribution in [2.75, 3.05) is 13.2 Å². The number of benzene rings is 1. The average Bonchev–Trinajstić information content (AvgIpc) is 2.69. The largest absolute Gasteiger partial charge is 0.462 e. The number of hydrogen-bond donors (Lipinski definition) is 0. The van der Waals surface area contributed by atoms with Gasteiger partial charge in [-0.25, -0.2) is 9.59 Å². The molecule has 28 heavy (non-hydrogen) atoms. The van der Waals surface area contributed by atoms with Crippen LogP contribution >= 0.6 is 0 Å². The number of hydrogen-bond acceptors (Lipinski definition) is 4. The lowest BCUT2D eigenvalue weighted by molar-refractivity contribution is 0.0423. The standard InChI is InChI=1S/C24H38O4/c1-5-7-8-13-20(11-6-2)18-28-24(26)22-15-9-14-21(17-22)23(25)27-16-10-12-19(3)4/h9,14-15,17,19-20H,5-8,10-13,16,18H2,1-4H3. The van der Waals surface area contributed by atoms with Gasteiger partial charge in [0.2, 0.25) is 0 Å². The lowest BCUT2D eigenvalue weighted by Gasteiger charge is -2.16. The van der Waals surface area contributed by atoms with Gasteiger partial charge in [-0.3, -0.25) is 0 Å². The van der Waals surface area contributed by atoms with E-state index >= 15 is 0 Å². The minimum absolute atomic E-state index is 0.369. The van der Waals surface area contributed by atoms with Crippen LogP contribution in [0, 0.1) is 11.8 Å². The zero-order valence-electron chi connectivity index (χ0n) is 18.2. The molecule has 158 valence electrons. The lowest BCUT2D eigenvalue weighted by atomic mass is 9.97. The van der Waals surface area contributed by atoms with Gasteiger partial charge >= 0.3 is 11.9 Å². The SMILES string of the molecule is CCCCCC(CCC)COC(=O)c1cccc(C(=O)OCCCC(C)C)c1. The van der Waals surface area contributed by atoms with Crippen molar-refractivity contribution >= 4 is 11.9 Å². The summed E-state index contributed by atoms with van der Waals surface area (Å²) < 4.78 is 10.8. The minimum Gasteiger partial charge on any atom is -0.462 e. The fourth-order valence-electron chi connectivity index (χ4n) is 3.19. The van der Waals surface area contributed by atoms with Gasteiger partial charge in [0, 0.05) is 0 Å². The zero-order chi connectivity index (χ0) is 20.8. The predicted octanol–water partition coefficient (Wildman–Crippen LogP) is 6.43. The summed E-state index contributed by atoms with van der Waals surface area (Å²) >= 11 is 0. The number of esters is 2. The van der Waals surface area contributed by atoms with Gasteiger partial charge in [-0.15, -0.1) is 0 Å². The van der Waals surface area contributed by atoms with Gasteiger partial charge in [-0.1, -0.05) is 59.4 Å². The summed E-state index contributed by atoms with van der Waals surface area (Å²) in [5, 5.41) is 0. The Morgan fingerprint density at radius 1 is 0.857 bits per heavy atom. The molecular weight excluding hydrogens is 352 g/mol. The molecule has 0 radical (unpaired) electrons. The summed E-state index contributed by atoms with van der Waals surface area (Å²) in [6.07, 6.45) is 8.72. The van der Waals surface area contributed by atoms with Crippen LogP contribution in [-0.4, -0.2) is 25.2 Å². The maximum atomic E-state index is 12.4. The molecule has 1 aromatic rings. The summed E-state index contributed by atoms with van der Waals surface area (Å²) in [4.78, 5) is 24.6. The molecule has 0 amide bonds. The molecule has 0 saturated heterocycles. The van der Waals surface area contributed by atoms with Gasteiger partial charge in [0.1, 0.15) is 0 Å². The van der Waals surface area contributed by atoms with Gasteiger partial charge in [-0.2, -0.15) is 0 Å². The molecule has 1 unspecified atom stereocenters.